The van der Waals surface area contributed by atoms with E-state index >= 15 is 0 Å². The first-order chi connectivity index (χ1) is 14.8. The topological polar surface area (TPSA) is 50.7 Å². The van der Waals surface area contributed by atoms with E-state index in [1.807, 2.05) is 24.3 Å². The predicted octanol–water partition coefficient (Wildman–Crippen LogP) is 6.25. The first-order valence-corrected chi connectivity index (χ1v) is 12.4. The minimum Gasteiger partial charge on any atom is -0.494 e. The Bertz CT molecular complexity index is 478. The molecule has 0 aliphatic rings. The van der Waals surface area contributed by atoms with Gasteiger partial charge in [0.25, 0.3) is 0 Å². The summed E-state index contributed by atoms with van der Waals surface area (Å²) < 4.78 is 11.5. The molecule has 1 aromatic carbocycles. The van der Waals surface area contributed by atoms with Crippen LogP contribution in [0.15, 0.2) is 24.3 Å². The van der Waals surface area contributed by atoms with Gasteiger partial charge in [-0.3, -0.25) is 0 Å². The maximum atomic E-state index is 10.0. The molecule has 0 heterocycles. The minimum absolute atomic E-state index is 0.361. The van der Waals surface area contributed by atoms with E-state index < -0.39 is 6.10 Å². The van der Waals surface area contributed by atoms with E-state index in [1.54, 1.807) is 0 Å². The fraction of sp³-hybridized carbons (Fsp3) is 0.769. The first kappa shape index (κ1) is 26.9. The lowest BCUT2D eigenvalue weighted by Crippen LogP contribution is -2.31. The number of unbranched alkanes of at least 4 members (excludes halogenated alkanes) is 10. The average molecular weight is 422 g/mol. The van der Waals surface area contributed by atoms with Crippen LogP contribution in [-0.4, -0.2) is 37.5 Å². The van der Waals surface area contributed by atoms with E-state index in [1.165, 1.54) is 70.6 Å². The molecule has 1 unspecified atom stereocenters. The third-order valence-electron chi connectivity index (χ3n) is 5.36. The fourth-order valence-electron chi connectivity index (χ4n) is 3.43. The Kier molecular flexibility index (Phi) is 17.8. The minimum atomic E-state index is -0.454. The maximum absolute atomic E-state index is 10.0. The van der Waals surface area contributed by atoms with Crippen LogP contribution in [0, 0.1) is 0 Å². The monoisotopic (exact) mass is 421 g/mol. The number of benzene rings is 1. The number of aliphatic hydroxyl groups is 1. The molecule has 30 heavy (non-hydrogen) atoms. The summed E-state index contributed by atoms with van der Waals surface area (Å²) in [6.07, 6.45) is 15.0. The van der Waals surface area contributed by atoms with Crippen molar-refractivity contribution < 1.29 is 14.6 Å². The molecule has 0 spiro atoms. The van der Waals surface area contributed by atoms with Crippen molar-refractivity contribution in [2.75, 3.05) is 26.3 Å². The summed E-state index contributed by atoms with van der Waals surface area (Å²) in [5.41, 5.74) is 1.11. The Morgan fingerprint density at radius 3 is 2.07 bits per heavy atom. The van der Waals surface area contributed by atoms with Crippen molar-refractivity contribution in [3.8, 4) is 5.75 Å². The Labute approximate surface area is 185 Å². The lowest BCUT2D eigenvalue weighted by atomic mass is 10.1. The van der Waals surface area contributed by atoms with Gasteiger partial charge in [0.15, 0.2) is 0 Å². The molecule has 1 aromatic rings. The van der Waals surface area contributed by atoms with Crippen LogP contribution < -0.4 is 10.1 Å². The van der Waals surface area contributed by atoms with Crippen LogP contribution in [0.1, 0.15) is 96.5 Å². The fourth-order valence-corrected chi connectivity index (χ4v) is 3.43. The number of nitrogens with one attached hydrogen (secondary N) is 1. The van der Waals surface area contributed by atoms with Gasteiger partial charge in [-0.05, 0) is 37.1 Å². The standard InChI is InChI=1S/C26H47NO3/c1-3-5-7-9-11-13-19-27-21-25(28)23-29-22-24-15-17-26(18-16-24)30-20-14-12-10-8-6-4-2/h15-18,25,27-28H,3-14,19-23H2,1-2H3. The largest absolute Gasteiger partial charge is 0.494 e. The van der Waals surface area contributed by atoms with Gasteiger partial charge in [-0.25, -0.2) is 0 Å². The molecule has 0 aliphatic carbocycles. The summed E-state index contributed by atoms with van der Waals surface area (Å²) in [6, 6.07) is 8.10. The number of ether oxygens (including phenoxy) is 2. The smallest absolute Gasteiger partial charge is 0.119 e. The van der Waals surface area contributed by atoms with Gasteiger partial charge in [0.1, 0.15) is 5.75 Å². The lowest BCUT2D eigenvalue weighted by Gasteiger charge is -2.13. The third kappa shape index (κ3) is 15.7. The van der Waals surface area contributed by atoms with Crippen molar-refractivity contribution >= 4 is 0 Å². The van der Waals surface area contributed by atoms with Gasteiger partial charge in [-0.15, -0.1) is 0 Å². The van der Waals surface area contributed by atoms with Gasteiger partial charge in [0.05, 0.1) is 25.9 Å². The molecule has 0 bridgehead atoms. The Hall–Kier alpha value is -1.10. The van der Waals surface area contributed by atoms with E-state index in [9.17, 15) is 5.11 Å². The second kappa shape index (κ2) is 19.8. The van der Waals surface area contributed by atoms with E-state index in [2.05, 4.69) is 19.2 Å². The van der Waals surface area contributed by atoms with Crippen LogP contribution in [0.25, 0.3) is 0 Å². The van der Waals surface area contributed by atoms with E-state index in [-0.39, 0.29) is 0 Å². The number of rotatable bonds is 21. The van der Waals surface area contributed by atoms with Crippen LogP contribution in [0.3, 0.4) is 0 Å². The summed E-state index contributed by atoms with van der Waals surface area (Å²) in [7, 11) is 0. The maximum Gasteiger partial charge on any atom is 0.119 e. The molecule has 1 atom stereocenters. The molecule has 0 amide bonds. The van der Waals surface area contributed by atoms with Crippen LogP contribution in [0.4, 0.5) is 0 Å². The molecule has 1 rings (SSSR count). The SMILES string of the molecule is CCCCCCCCNCC(O)COCc1ccc(OCCCCCCCC)cc1. The van der Waals surface area contributed by atoms with Crippen molar-refractivity contribution in [2.45, 2.75) is 104 Å². The van der Waals surface area contributed by atoms with E-state index in [0.717, 1.165) is 30.9 Å². The van der Waals surface area contributed by atoms with E-state index in [0.29, 0.717) is 19.8 Å². The summed E-state index contributed by atoms with van der Waals surface area (Å²) in [4.78, 5) is 0. The van der Waals surface area contributed by atoms with Gasteiger partial charge < -0.3 is 19.9 Å². The lowest BCUT2D eigenvalue weighted by molar-refractivity contribution is 0.0289. The van der Waals surface area contributed by atoms with Crippen molar-refractivity contribution in [3.63, 3.8) is 0 Å². The van der Waals surface area contributed by atoms with Crippen LogP contribution in [0.2, 0.25) is 0 Å². The summed E-state index contributed by atoms with van der Waals surface area (Å²) in [6.45, 7) is 7.73. The van der Waals surface area contributed by atoms with Gasteiger partial charge in [0.2, 0.25) is 0 Å². The van der Waals surface area contributed by atoms with E-state index in [4.69, 9.17) is 9.47 Å². The van der Waals surface area contributed by atoms with Crippen molar-refractivity contribution in [1.29, 1.82) is 0 Å². The Morgan fingerprint density at radius 1 is 0.800 bits per heavy atom. The van der Waals surface area contributed by atoms with Crippen LogP contribution in [0.5, 0.6) is 5.75 Å². The van der Waals surface area contributed by atoms with Crippen LogP contribution in [-0.2, 0) is 11.3 Å². The summed E-state index contributed by atoms with van der Waals surface area (Å²) in [5, 5.41) is 13.3. The molecule has 4 heteroatoms. The first-order valence-electron chi connectivity index (χ1n) is 12.4. The highest BCUT2D eigenvalue weighted by Crippen LogP contribution is 2.14. The second-order valence-corrected chi connectivity index (χ2v) is 8.40. The van der Waals surface area contributed by atoms with Gasteiger partial charge in [-0.1, -0.05) is 90.2 Å². The molecule has 0 fully saturated rings. The third-order valence-corrected chi connectivity index (χ3v) is 5.36. The molecule has 0 saturated heterocycles. The van der Waals surface area contributed by atoms with Crippen molar-refractivity contribution in [2.24, 2.45) is 0 Å². The molecule has 0 saturated carbocycles. The highest BCUT2D eigenvalue weighted by atomic mass is 16.5. The number of hydrogen-bond acceptors (Lipinski definition) is 4. The molecule has 4 nitrogen and oxygen atoms in total. The van der Waals surface area contributed by atoms with Gasteiger partial charge >= 0.3 is 0 Å². The molecular weight excluding hydrogens is 374 g/mol. The quantitative estimate of drug-likeness (QED) is 0.230. The highest BCUT2D eigenvalue weighted by Gasteiger charge is 2.04. The van der Waals surface area contributed by atoms with Crippen molar-refractivity contribution in [1.82, 2.24) is 5.32 Å². The Balaban J connectivity index is 1.99. The molecule has 0 aliphatic heterocycles. The zero-order valence-corrected chi connectivity index (χ0v) is 19.7. The normalized spacial score (nSPS) is 12.2. The zero-order chi connectivity index (χ0) is 21.7. The molecule has 0 aromatic heterocycles. The summed E-state index contributed by atoms with van der Waals surface area (Å²) >= 11 is 0. The summed E-state index contributed by atoms with van der Waals surface area (Å²) in [5.74, 6) is 0.922. The predicted molar refractivity (Wildman–Crippen MR) is 127 cm³/mol. The second-order valence-electron chi connectivity index (χ2n) is 8.40. The molecule has 2 N–H and O–H groups in total. The average Bonchev–Trinajstić information content (AvgIpc) is 2.76. The molecule has 0 radical (unpaired) electrons. The molecular formula is C26H47NO3. The zero-order valence-electron chi connectivity index (χ0n) is 19.7. The van der Waals surface area contributed by atoms with Gasteiger partial charge in [-0.2, -0.15) is 0 Å². The van der Waals surface area contributed by atoms with Gasteiger partial charge in [0, 0.05) is 6.54 Å². The molecule has 174 valence electrons. The highest BCUT2D eigenvalue weighted by molar-refractivity contribution is 5.26. The number of hydrogen-bond donors (Lipinski definition) is 2. The van der Waals surface area contributed by atoms with Crippen molar-refractivity contribution in [3.05, 3.63) is 29.8 Å². The Morgan fingerprint density at radius 2 is 1.40 bits per heavy atom. The number of aliphatic hydroxyl groups excluding tert-OH is 1. The van der Waals surface area contributed by atoms with Crippen LogP contribution >= 0.6 is 0 Å².